The van der Waals surface area contributed by atoms with E-state index in [9.17, 15) is 4.79 Å². The zero-order chi connectivity index (χ0) is 10.8. The molecule has 0 aromatic carbocycles. The average Bonchev–Trinajstić information content (AvgIpc) is 2.59. The first-order chi connectivity index (χ1) is 7.16. The first kappa shape index (κ1) is 10.9. The molecular formula is C11H21N3O. The highest BCUT2D eigenvalue weighted by Gasteiger charge is 2.38. The second-order valence-electron chi connectivity index (χ2n) is 4.98. The lowest BCUT2D eigenvalue weighted by molar-refractivity contribution is -0.126. The SMILES string of the molecule is CN(C)NC(=O)C1CC2CCCCC2N1. The Bertz CT molecular complexity index is 228. The molecule has 1 heterocycles. The average molecular weight is 211 g/mol. The van der Waals surface area contributed by atoms with Gasteiger partial charge in [-0.05, 0) is 25.2 Å². The van der Waals surface area contributed by atoms with Crippen molar-refractivity contribution in [3.05, 3.63) is 0 Å². The van der Waals surface area contributed by atoms with Crippen molar-refractivity contribution in [1.82, 2.24) is 15.8 Å². The van der Waals surface area contributed by atoms with E-state index in [1.807, 2.05) is 14.1 Å². The van der Waals surface area contributed by atoms with Gasteiger partial charge in [0.05, 0.1) is 6.04 Å². The fourth-order valence-electron chi connectivity index (χ4n) is 2.82. The molecule has 0 spiro atoms. The van der Waals surface area contributed by atoms with E-state index in [2.05, 4.69) is 10.7 Å². The Morgan fingerprint density at radius 1 is 1.33 bits per heavy atom. The quantitative estimate of drug-likeness (QED) is 0.654. The summed E-state index contributed by atoms with van der Waals surface area (Å²) in [6, 6.07) is 0.622. The van der Waals surface area contributed by atoms with Crippen molar-refractivity contribution in [3.63, 3.8) is 0 Å². The van der Waals surface area contributed by atoms with Gasteiger partial charge in [-0.3, -0.25) is 10.2 Å². The van der Waals surface area contributed by atoms with Gasteiger partial charge < -0.3 is 5.32 Å². The van der Waals surface area contributed by atoms with Crippen LogP contribution in [0.3, 0.4) is 0 Å². The van der Waals surface area contributed by atoms with Crippen LogP contribution < -0.4 is 10.7 Å². The summed E-state index contributed by atoms with van der Waals surface area (Å²) in [5, 5.41) is 5.17. The molecule has 2 fully saturated rings. The Morgan fingerprint density at radius 2 is 2.07 bits per heavy atom. The van der Waals surface area contributed by atoms with E-state index in [4.69, 9.17) is 0 Å². The maximum absolute atomic E-state index is 11.8. The van der Waals surface area contributed by atoms with E-state index in [-0.39, 0.29) is 11.9 Å². The molecule has 15 heavy (non-hydrogen) atoms. The number of hydrogen-bond acceptors (Lipinski definition) is 3. The maximum Gasteiger partial charge on any atom is 0.251 e. The van der Waals surface area contributed by atoms with Crippen LogP contribution in [-0.4, -0.2) is 37.1 Å². The highest BCUT2D eigenvalue weighted by molar-refractivity contribution is 5.81. The van der Waals surface area contributed by atoms with Crippen molar-refractivity contribution in [2.75, 3.05) is 14.1 Å². The molecule has 0 aromatic heterocycles. The van der Waals surface area contributed by atoms with E-state index in [1.165, 1.54) is 25.7 Å². The lowest BCUT2D eigenvalue weighted by atomic mass is 9.85. The molecule has 0 aromatic rings. The van der Waals surface area contributed by atoms with Gasteiger partial charge in [-0.1, -0.05) is 12.8 Å². The standard InChI is InChI=1S/C11H21N3O/c1-14(2)13-11(15)10-7-8-5-3-4-6-9(8)12-10/h8-10,12H,3-7H2,1-2H3,(H,13,15). The predicted octanol–water partition coefficient (Wildman–Crippen LogP) is 0.500. The van der Waals surface area contributed by atoms with Gasteiger partial charge in [-0.25, -0.2) is 5.01 Å². The zero-order valence-corrected chi connectivity index (χ0v) is 9.62. The van der Waals surface area contributed by atoms with Gasteiger partial charge in [0.2, 0.25) is 0 Å². The van der Waals surface area contributed by atoms with Gasteiger partial charge in [-0.15, -0.1) is 0 Å². The molecule has 3 unspecified atom stereocenters. The highest BCUT2D eigenvalue weighted by Crippen LogP contribution is 2.33. The fraction of sp³-hybridized carbons (Fsp3) is 0.909. The van der Waals surface area contributed by atoms with Crippen LogP contribution >= 0.6 is 0 Å². The smallest absolute Gasteiger partial charge is 0.251 e. The van der Waals surface area contributed by atoms with Gasteiger partial charge in [0.1, 0.15) is 0 Å². The van der Waals surface area contributed by atoms with Crippen molar-refractivity contribution in [1.29, 1.82) is 0 Å². The lowest BCUT2D eigenvalue weighted by Gasteiger charge is -2.24. The number of hydrazine groups is 1. The minimum Gasteiger partial charge on any atom is -0.303 e. The second kappa shape index (κ2) is 4.49. The Kier molecular flexibility index (Phi) is 3.26. The summed E-state index contributed by atoms with van der Waals surface area (Å²) >= 11 is 0. The van der Waals surface area contributed by atoms with Gasteiger partial charge in [0, 0.05) is 20.1 Å². The lowest BCUT2D eigenvalue weighted by Crippen LogP contribution is -2.47. The maximum atomic E-state index is 11.8. The van der Waals surface area contributed by atoms with Crippen LogP contribution in [0.2, 0.25) is 0 Å². The molecule has 2 rings (SSSR count). The van der Waals surface area contributed by atoms with Crippen molar-refractivity contribution in [2.45, 2.75) is 44.2 Å². The molecule has 1 saturated heterocycles. The topological polar surface area (TPSA) is 44.4 Å². The van der Waals surface area contributed by atoms with E-state index in [1.54, 1.807) is 5.01 Å². The highest BCUT2D eigenvalue weighted by atomic mass is 16.2. The summed E-state index contributed by atoms with van der Waals surface area (Å²) in [5.41, 5.74) is 2.83. The number of carbonyl (C=O) groups excluding carboxylic acids is 1. The number of amides is 1. The van der Waals surface area contributed by atoms with Crippen LogP contribution in [0.1, 0.15) is 32.1 Å². The summed E-state index contributed by atoms with van der Waals surface area (Å²) in [7, 11) is 3.69. The van der Waals surface area contributed by atoms with Gasteiger partial charge in [0.25, 0.3) is 5.91 Å². The van der Waals surface area contributed by atoms with Crippen LogP contribution in [0, 0.1) is 5.92 Å². The molecule has 2 N–H and O–H groups in total. The Hall–Kier alpha value is -0.610. The monoisotopic (exact) mass is 211 g/mol. The van der Waals surface area contributed by atoms with Crippen LogP contribution in [0.4, 0.5) is 0 Å². The minimum absolute atomic E-state index is 0.0282. The molecule has 1 aliphatic carbocycles. The molecule has 0 radical (unpaired) electrons. The van der Waals surface area contributed by atoms with Crippen LogP contribution in [0.15, 0.2) is 0 Å². The third-order valence-electron chi connectivity index (χ3n) is 3.51. The summed E-state index contributed by atoms with van der Waals surface area (Å²) in [4.78, 5) is 11.8. The van der Waals surface area contributed by atoms with Gasteiger partial charge in [0.15, 0.2) is 0 Å². The third kappa shape index (κ3) is 2.49. The number of fused-ring (bicyclic) bond motifs is 1. The summed E-state index contributed by atoms with van der Waals surface area (Å²) in [6.45, 7) is 0. The molecule has 1 amide bonds. The molecular weight excluding hydrogens is 190 g/mol. The van der Waals surface area contributed by atoms with Crippen LogP contribution in [0.5, 0.6) is 0 Å². The fourth-order valence-corrected chi connectivity index (χ4v) is 2.82. The molecule has 4 nitrogen and oxygen atoms in total. The van der Waals surface area contributed by atoms with E-state index in [0.717, 1.165) is 12.3 Å². The largest absolute Gasteiger partial charge is 0.303 e. The Morgan fingerprint density at radius 3 is 2.73 bits per heavy atom. The summed E-state index contributed by atoms with van der Waals surface area (Å²) < 4.78 is 0. The molecule has 1 aliphatic heterocycles. The van der Waals surface area contributed by atoms with Crippen molar-refractivity contribution < 1.29 is 4.79 Å². The zero-order valence-electron chi connectivity index (χ0n) is 9.62. The first-order valence-corrected chi connectivity index (χ1v) is 5.90. The molecule has 4 heteroatoms. The molecule has 0 bridgehead atoms. The second-order valence-corrected chi connectivity index (χ2v) is 4.98. The number of nitrogens with one attached hydrogen (secondary N) is 2. The number of nitrogens with zero attached hydrogens (tertiary/aromatic N) is 1. The summed E-state index contributed by atoms with van der Waals surface area (Å²) in [5.74, 6) is 0.853. The first-order valence-electron chi connectivity index (χ1n) is 5.90. The van der Waals surface area contributed by atoms with Crippen molar-refractivity contribution in [3.8, 4) is 0 Å². The Labute approximate surface area is 91.4 Å². The molecule has 2 aliphatic rings. The third-order valence-corrected chi connectivity index (χ3v) is 3.51. The number of hydrogen-bond donors (Lipinski definition) is 2. The van der Waals surface area contributed by atoms with Crippen molar-refractivity contribution in [2.24, 2.45) is 5.92 Å². The normalized spacial score (nSPS) is 35.3. The number of carbonyl (C=O) groups is 1. The van der Waals surface area contributed by atoms with E-state index < -0.39 is 0 Å². The van der Waals surface area contributed by atoms with E-state index in [0.29, 0.717) is 6.04 Å². The molecule has 86 valence electrons. The van der Waals surface area contributed by atoms with E-state index >= 15 is 0 Å². The van der Waals surface area contributed by atoms with Crippen LogP contribution in [-0.2, 0) is 4.79 Å². The number of rotatable bonds is 2. The van der Waals surface area contributed by atoms with Gasteiger partial charge >= 0.3 is 0 Å². The Balaban J connectivity index is 1.88. The summed E-state index contributed by atoms with van der Waals surface area (Å²) in [6.07, 6.45) is 6.21. The van der Waals surface area contributed by atoms with Crippen LogP contribution in [0.25, 0.3) is 0 Å². The van der Waals surface area contributed by atoms with Crippen molar-refractivity contribution >= 4 is 5.91 Å². The van der Waals surface area contributed by atoms with Gasteiger partial charge in [-0.2, -0.15) is 0 Å². The minimum atomic E-state index is 0.0282. The molecule has 1 saturated carbocycles. The predicted molar refractivity (Wildman–Crippen MR) is 59.1 cm³/mol. The molecule has 3 atom stereocenters.